The quantitative estimate of drug-likeness (QED) is 0.610. The fourth-order valence-electron chi connectivity index (χ4n) is 1.02. The van der Waals surface area contributed by atoms with Gasteiger partial charge in [0.25, 0.3) is 0 Å². The van der Waals surface area contributed by atoms with Crippen molar-refractivity contribution in [2.45, 2.75) is 6.42 Å². The van der Waals surface area contributed by atoms with Crippen molar-refractivity contribution < 1.29 is 9.53 Å². The van der Waals surface area contributed by atoms with E-state index in [1.807, 2.05) is 24.3 Å². The Morgan fingerprint density at radius 1 is 1.50 bits per heavy atom. The second-order valence-electron chi connectivity index (χ2n) is 2.71. The fraction of sp³-hybridized carbons (Fsp3) is 0.182. The number of hydrogen-bond donors (Lipinski definition) is 0. The molecule has 0 aliphatic carbocycles. The van der Waals surface area contributed by atoms with Gasteiger partial charge in [-0.15, -0.1) is 0 Å². The highest BCUT2D eigenvalue weighted by Crippen LogP contribution is 2.16. The predicted octanol–water partition coefficient (Wildman–Crippen LogP) is 2.72. The monoisotopic (exact) mass is 254 g/mol. The minimum Gasteiger partial charge on any atom is -0.462 e. The van der Waals surface area contributed by atoms with Crippen LogP contribution in [0.15, 0.2) is 41.4 Å². The summed E-state index contributed by atoms with van der Waals surface area (Å²) >= 11 is 3.42. The van der Waals surface area contributed by atoms with Gasteiger partial charge in [-0.2, -0.15) is 0 Å². The maximum absolute atomic E-state index is 10.7. The second kappa shape index (κ2) is 5.60. The average Bonchev–Trinajstić information content (AvgIpc) is 2.20. The Kier molecular flexibility index (Phi) is 4.40. The number of halogens is 1. The van der Waals surface area contributed by atoms with Gasteiger partial charge in [0.2, 0.25) is 0 Å². The van der Waals surface area contributed by atoms with Crippen LogP contribution in [0.5, 0.6) is 0 Å². The first-order chi connectivity index (χ1) is 6.74. The molecule has 74 valence electrons. The molecule has 0 N–H and O–H groups in total. The van der Waals surface area contributed by atoms with Gasteiger partial charge in [-0.1, -0.05) is 40.7 Å². The first kappa shape index (κ1) is 11.0. The fourth-order valence-corrected chi connectivity index (χ4v) is 1.50. The van der Waals surface area contributed by atoms with E-state index in [-0.39, 0.29) is 5.97 Å². The Morgan fingerprint density at radius 2 is 2.21 bits per heavy atom. The molecule has 1 aromatic carbocycles. The molecule has 0 amide bonds. The summed E-state index contributed by atoms with van der Waals surface area (Å²) in [5.74, 6) is -0.378. The van der Waals surface area contributed by atoms with Crippen molar-refractivity contribution in [3.63, 3.8) is 0 Å². The van der Waals surface area contributed by atoms with Crippen molar-refractivity contribution in [1.82, 2.24) is 0 Å². The number of ether oxygens (including phenoxy) is 1. The van der Waals surface area contributed by atoms with Gasteiger partial charge in [0.1, 0.15) is 0 Å². The normalized spacial score (nSPS) is 9.50. The summed E-state index contributed by atoms with van der Waals surface area (Å²) in [7, 11) is 0. The Hall–Kier alpha value is -1.09. The smallest absolute Gasteiger partial charge is 0.330 e. The van der Waals surface area contributed by atoms with Crippen LogP contribution in [-0.2, 0) is 16.0 Å². The summed E-state index contributed by atoms with van der Waals surface area (Å²) in [6.07, 6.45) is 1.88. The molecule has 2 nitrogen and oxygen atoms in total. The first-order valence-electron chi connectivity index (χ1n) is 4.26. The van der Waals surface area contributed by atoms with Gasteiger partial charge in [0.15, 0.2) is 0 Å². The molecule has 0 aliphatic heterocycles. The van der Waals surface area contributed by atoms with E-state index < -0.39 is 0 Å². The Balaban J connectivity index is 2.42. The molecule has 0 atom stereocenters. The van der Waals surface area contributed by atoms with Gasteiger partial charge >= 0.3 is 5.97 Å². The summed E-state index contributed by atoms with van der Waals surface area (Å²) in [5.41, 5.74) is 1.13. The third-order valence-electron chi connectivity index (χ3n) is 1.74. The molecule has 0 saturated heterocycles. The van der Waals surface area contributed by atoms with Crippen LogP contribution in [0, 0.1) is 0 Å². The molecule has 0 spiro atoms. The summed E-state index contributed by atoms with van der Waals surface area (Å²) in [4.78, 5) is 10.7. The van der Waals surface area contributed by atoms with Crippen LogP contribution in [-0.4, -0.2) is 12.6 Å². The van der Waals surface area contributed by atoms with Gasteiger partial charge < -0.3 is 4.74 Å². The van der Waals surface area contributed by atoms with Crippen molar-refractivity contribution in [3.05, 3.63) is 47.0 Å². The molecular formula is C11H11BrO2. The van der Waals surface area contributed by atoms with E-state index >= 15 is 0 Å². The van der Waals surface area contributed by atoms with E-state index in [1.54, 1.807) is 0 Å². The van der Waals surface area contributed by atoms with E-state index in [0.29, 0.717) is 13.0 Å². The maximum Gasteiger partial charge on any atom is 0.330 e. The van der Waals surface area contributed by atoms with Crippen LogP contribution in [0.3, 0.4) is 0 Å². The van der Waals surface area contributed by atoms with Crippen molar-refractivity contribution in [2.24, 2.45) is 0 Å². The van der Waals surface area contributed by atoms with E-state index in [1.165, 1.54) is 6.08 Å². The highest BCUT2D eigenvalue weighted by molar-refractivity contribution is 9.10. The third kappa shape index (κ3) is 3.34. The minimum atomic E-state index is -0.378. The van der Waals surface area contributed by atoms with Crippen molar-refractivity contribution in [2.75, 3.05) is 6.61 Å². The Bertz CT molecular complexity index is 334. The standard InChI is InChI=1S/C11H11BrO2/c1-2-11(13)14-8-7-9-5-3-4-6-10(9)12/h2-6H,1,7-8H2. The van der Waals surface area contributed by atoms with Crippen LogP contribution < -0.4 is 0 Å². The first-order valence-corrected chi connectivity index (χ1v) is 5.06. The number of carbonyl (C=O) groups is 1. The van der Waals surface area contributed by atoms with E-state index in [0.717, 1.165) is 10.0 Å². The molecule has 0 aliphatic rings. The average molecular weight is 255 g/mol. The molecule has 0 heterocycles. The lowest BCUT2D eigenvalue weighted by Crippen LogP contribution is -2.04. The minimum absolute atomic E-state index is 0.378. The van der Waals surface area contributed by atoms with Crippen LogP contribution in [0.2, 0.25) is 0 Å². The molecule has 0 bridgehead atoms. The molecule has 0 unspecified atom stereocenters. The zero-order valence-corrected chi connectivity index (χ0v) is 9.29. The zero-order chi connectivity index (χ0) is 10.4. The van der Waals surface area contributed by atoms with Crippen LogP contribution in [0.1, 0.15) is 5.56 Å². The number of carbonyl (C=O) groups excluding carboxylic acids is 1. The van der Waals surface area contributed by atoms with Crippen LogP contribution in [0.4, 0.5) is 0 Å². The molecule has 1 aromatic rings. The lowest BCUT2D eigenvalue weighted by atomic mass is 10.2. The predicted molar refractivity (Wildman–Crippen MR) is 59.0 cm³/mol. The molecule has 0 aromatic heterocycles. The van der Waals surface area contributed by atoms with E-state index in [4.69, 9.17) is 4.74 Å². The number of rotatable bonds is 4. The summed E-state index contributed by atoms with van der Waals surface area (Å²) in [5, 5.41) is 0. The topological polar surface area (TPSA) is 26.3 Å². The lowest BCUT2D eigenvalue weighted by Gasteiger charge is -2.04. The molecular weight excluding hydrogens is 244 g/mol. The van der Waals surface area contributed by atoms with Crippen molar-refractivity contribution >= 4 is 21.9 Å². The second-order valence-corrected chi connectivity index (χ2v) is 3.57. The SMILES string of the molecule is C=CC(=O)OCCc1ccccc1Br. The van der Waals surface area contributed by atoms with E-state index in [9.17, 15) is 4.79 Å². The number of hydrogen-bond acceptors (Lipinski definition) is 2. The summed E-state index contributed by atoms with van der Waals surface area (Å²) in [6, 6.07) is 7.86. The van der Waals surface area contributed by atoms with Gasteiger partial charge in [-0.05, 0) is 11.6 Å². The van der Waals surface area contributed by atoms with Crippen molar-refractivity contribution in [1.29, 1.82) is 0 Å². The Morgan fingerprint density at radius 3 is 2.86 bits per heavy atom. The highest BCUT2D eigenvalue weighted by atomic mass is 79.9. The third-order valence-corrected chi connectivity index (χ3v) is 2.51. The van der Waals surface area contributed by atoms with Gasteiger partial charge in [-0.3, -0.25) is 0 Å². The number of esters is 1. The van der Waals surface area contributed by atoms with Gasteiger partial charge in [0, 0.05) is 17.0 Å². The molecule has 3 heteroatoms. The van der Waals surface area contributed by atoms with Crippen LogP contribution in [0.25, 0.3) is 0 Å². The Labute approximate surface area is 91.7 Å². The van der Waals surface area contributed by atoms with E-state index in [2.05, 4.69) is 22.5 Å². The largest absolute Gasteiger partial charge is 0.462 e. The molecule has 0 radical (unpaired) electrons. The molecule has 14 heavy (non-hydrogen) atoms. The van der Waals surface area contributed by atoms with Crippen LogP contribution >= 0.6 is 15.9 Å². The zero-order valence-electron chi connectivity index (χ0n) is 7.70. The molecule has 0 fully saturated rings. The highest BCUT2D eigenvalue weighted by Gasteiger charge is 2.00. The number of benzene rings is 1. The molecule has 0 saturated carbocycles. The van der Waals surface area contributed by atoms with Gasteiger partial charge in [0.05, 0.1) is 6.61 Å². The van der Waals surface area contributed by atoms with Crippen molar-refractivity contribution in [3.8, 4) is 0 Å². The van der Waals surface area contributed by atoms with Gasteiger partial charge in [-0.25, -0.2) is 4.79 Å². The lowest BCUT2D eigenvalue weighted by molar-refractivity contribution is -0.137. The maximum atomic E-state index is 10.7. The summed E-state index contributed by atoms with van der Waals surface area (Å²) in [6.45, 7) is 3.70. The molecule has 1 rings (SSSR count). The summed E-state index contributed by atoms with van der Waals surface area (Å²) < 4.78 is 5.91.